The summed E-state index contributed by atoms with van der Waals surface area (Å²) in [7, 11) is 3.55. The summed E-state index contributed by atoms with van der Waals surface area (Å²) in [6.45, 7) is 4.83. The monoisotopic (exact) mass is 458 g/mol. The number of rotatable bonds is 8. The Morgan fingerprint density at radius 2 is 2.09 bits per heavy atom. The van der Waals surface area contributed by atoms with Gasteiger partial charge >= 0.3 is 5.97 Å². The van der Waals surface area contributed by atoms with E-state index in [1.54, 1.807) is 20.1 Å². The van der Waals surface area contributed by atoms with Crippen molar-refractivity contribution in [2.45, 2.75) is 77.2 Å². The number of nitrogens with two attached hydrogens (primary N) is 1. The van der Waals surface area contributed by atoms with Gasteiger partial charge in [0.1, 0.15) is 11.9 Å². The second kappa shape index (κ2) is 11.7. The van der Waals surface area contributed by atoms with Crippen molar-refractivity contribution < 1.29 is 19.1 Å². The number of amidine groups is 1. The third-order valence-corrected chi connectivity index (χ3v) is 7.12. The second-order valence-corrected chi connectivity index (χ2v) is 9.15. The SMILES string of the molecule is CCOC(=O)[C@@H]1[C@@H](CC#CC2=CC(N)=NCC2)C(=O)N1C(OC)N(C)[C@H](C)C1CCCCC1. The molecule has 8 nitrogen and oxygen atoms in total. The highest BCUT2D eigenvalue weighted by atomic mass is 16.5. The minimum atomic E-state index is -0.704. The maximum atomic E-state index is 13.2. The van der Waals surface area contributed by atoms with Crippen molar-refractivity contribution in [2.75, 3.05) is 27.3 Å². The molecule has 2 heterocycles. The lowest BCUT2D eigenvalue weighted by atomic mass is 9.83. The Hall–Kier alpha value is -2.37. The smallest absolute Gasteiger partial charge is 0.329 e. The molecule has 3 rings (SSSR count). The summed E-state index contributed by atoms with van der Waals surface area (Å²) in [6.07, 6.45) is 8.28. The van der Waals surface area contributed by atoms with E-state index in [1.807, 2.05) is 7.05 Å². The number of hydrogen-bond acceptors (Lipinski definition) is 7. The van der Waals surface area contributed by atoms with Crippen molar-refractivity contribution in [3.05, 3.63) is 11.6 Å². The van der Waals surface area contributed by atoms with Gasteiger partial charge in [-0.1, -0.05) is 31.1 Å². The number of hydrogen-bond donors (Lipinski definition) is 1. The van der Waals surface area contributed by atoms with Crippen LogP contribution in [0.15, 0.2) is 16.6 Å². The summed E-state index contributed by atoms with van der Waals surface area (Å²) in [4.78, 5) is 33.8. The molecule has 182 valence electrons. The molecule has 0 aromatic carbocycles. The van der Waals surface area contributed by atoms with Crippen molar-refractivity contribution in [3.63, 3.8) is 0 Å². The van der Waals surface area contributed by atoms with Gasteiger partial charge < -0.3 is 15.2 Å². The molecule has 1 amide bonds. The Balaban J connectivity index is 1.73. The lowest BCUT2D eigenvalue weighted by molar-refractivity contribution is -0.217. The number of esters is 1. The maximum absolute atomic E-state index is 13.2. The molecule has 0 spiro atoms. The van der Waals surface area contributed by atoms with E-state index in [0.717, 1.165) is 12.0 Å². The molecule has 8 heteroatoms. The van der Waals surface area contributed by atoms with E-state index in [4.69, 9.17) is 15.2 Å². The molecule has 2 fully saturated rings. The van der Waals surface area contributed by atoms with Crippen LogP contribution in [-0.4, -0.2) is 73.3 Å². The molecule has 1 saturated carbocycles. The molecule has 1 unspecified atom stereocenters. The first-order valence-corrected chi connectivity index (χ1v) is 12.1. The third kappa shape index (κ3) is 5.77. The molecule has 1 saturated heterocycles. The quantitative estimate of drug-likeness (QED) is 0.259. The minimum absolute atomic E-state index is 0.129. The van der Waals surface area contributed by atoms with Crippen molar-refractivity contribution in [1.82, 2.24) is 9.80 Å². The number of likely N-dealkylation sites (tertiary alicyclic amines) is 1. The lowest BCUT2D eigenvalue weighted by Crippen LogP contribution is -2.71. The van der Waals surface area contributed by atoms with Gasteiger partial charge in [0.2, 0.25) is 5.91 Å². The summed E-state index contributed by atoms with van der Waals surface area (Å²) in [5, 5.41) is 0. The average molecular weight is 459 g/mol. The molecular weight excluding hydrogens is 420 g/mol. The number of amides is 1. The third-order valence-electron chi connectivity index (χ3n) is 7.12. The first-order chi connectivity index (χ1) is 15.9. The van der Waals surface area contributed by atoms with Crippen molar-refractivity contribution in [3.8, 4) is 11.8 Å². The predicted molar refractivity (Wildman–Crippen MR) is 127 cm³/mol. The number of ether oxygens (including phenoxy) is 2. The van der Waals surface area contributed by atoms with Crippen molar-refractivity contribution >= 4 is 17.7 Å². The van der Waals surface area contributed by atoms with Gasteiger partial charge in [-0.15, -0.1) is 0 Å². The van der Waals surface area contributed by atoms with E-state index in [2.05, 4.69) is 28.7 Å². The standard InChI is InChI=1S/C25H38N4O4/c1-5-33-24(31)22-20(13-9-10-18-14-15-27-21(26)16-18)23(30)29(22)25(32-4)28(3)17(2)19-11-7-6-8-12-19/h16-17,19-20,22,25H,5-8,11-15H2,1-4H3,(H2,26,27)/t17-,20-,22+,25?/m1/s1. The van der Waals surface area contributed by atoms with Crippen molar-refractivity contribution in [1.29, 1.82) is 0 Å². The largest absolute Gasteiger partial charge is 0.464 e. The van der Waals surface area contributed by atoms with Gasteiger partial charge in [-0.05, 0) is 45.7 Å². The van der Waals surface area contributed by atoms with E-state index in [9.17, 15) is 9.59 Å². The predicted octanol–water partition coefficient (Wildman–Crippen LogP) is 2.29. The van der Waals surface area contributed by atoms with Gasteiger partial charge in [0.15, 0.2) is 6.35 Å². The van der Waals surface area contributed by atoms with Gasteiger partial charge in [-0.2, -0.15) is 0 Å². The number of nitrogens with zero attached hydrogens (tertiary/aromatic N) is 3. The number of aliphatic imine (C=N–C) groups is 1. The zero-order valence-electron chi connectivity index (χ0n) is 20.4. The zero-order valence-corrected chi connectivity index (χ0v) is 20.4. The van der Waals surface area contributed by atoms with Crippen LogP contribution >= 0.6 is 0 Å². The van der Waals surface area contributed by atoms with E-state index >= 15 is 0 Å². The van der Waals surface area contributed by atoms with Gasteiger partial charge in [0.25, 0.3) is 0 Å². The molecular formula is C25H38N4O4. The Bertz CT molecular complexity index is 837. The molecule has 4 atom stereocenters. The Labute approximate surface area is 197 Å². The van der Waals surface area contributed by atoms with Gasteiger partial charge in [-0.25, -0.2) is 4.79 Å². The fraction of sp³-hybridized carbons (Fsp3) is 0.720. The summed E-state index contributed by atoms with van der Waals surface area (Å²) in [5.74, 6) is 6.12. The Morgan fingerprint density at radius 3 is 2.73 bits per heavy atom. The van der Waals surface area contributed by atoms with Crippen LogP contribution in [0.25, 0.3) is 0 Å². The summed E-state index contributed by atoms with van der Waals surface area (Å²) in [6, 6.07) is -0.472. The summed E-state index contributed by atoms with van der Waals surface area (Å²) < 4.78 is 11.1. The number of dihydropyridines is 1. The van der Waals surface area contributed by atoms with Gasteiger partial charge in [-0.3, -0.25) is 19.6 Å². The van der Waals surface area contributed by atoms with E-state index in [1.165, 1.54) is 37.0 Å². The topological polar surface area (TPSA) is 97.5 Å². The molecule has 0 aromatic heterocycles. The summed E-state index contributed by atoms with van der Waals surface area (Å²) >= 11 is 0. The van der Waals surface area contributed by atoms with Crippen LogP contribution in [0.5, 0.6) is 0 Å². The van der Waals surface area contributed by atoms with Crippen LogP contribution in [-0.2, 0) is 19.1 Å². The fourth-order valence-corrected chi connectivity index (χ4v) is 5.13. The summed E-state index contributed by atoms with van der Waals surface area (Å²) in [5.41, 5.74) is 6.65. The molecule has 2 N–H and O–H groups in total. The van der Waals surface area contributed by atoms with Crippen LogP contribution in [0.1, 0.15) is 58.8 Å². The van der Waals surface area contributed by atoms with Crippen LogP contribution in [0.2, 0.25) is 0 Å². The molecule has 0 aromatic rings. The second-order valence-electron chi connectivity index (χ2n) is 9.15. The highest BCUT2D eigenvalue weighted by Crippen LogP contribution is 2.36. The van der Waals surface area contributed by atoms with Crippen LogP contribution < -0.4 is 5.73 Å². The van der Waals surface area contributed by atoms with Gasteiger partial charge in [0, 0.05) is 38.1 Å². The Morgan fingerprint density at radius 1 is 1.36 bits per heavy atom. The number of β-lactam (4-membered cyclic amide) rings is 1. The molecule has 1 aliphatic carbocycles. The van der Waals surface area contributed by atoms with Crippen LogP contribution in [0.3, 0.4) is 0 Å². The molecule has 2 aliphatic heterocycles. The Kier molecular flexibility index (Phi) is 8.93. The number of carbonyl (C=O) groups is 2. The maximum Gasteiger partial charge on any atom is 0.329 e. The molecule has 0 bridgehead atoms. The van der Waals surface area contributed by atoms with E-state index < -0.39 is 24.3 Å². The highest BCUT2D eigenvalue weighted by molar-refractivity contribution is 5.97. The van der Waals surface area contributed by atoms with Crippen molar-refractivity contribution in [2.24, 2.45) is 22.6 Å². The molecule has 33 heavy (non-hydrogen) atoms. The number of carbonyl (C=O) groups excluding carboxylic acids is 2. The first kappa shape index (κ1) is 25.3. The number of methoxy groups -OCH3 is 1. The molecule has 0 radical (unpaired) electrons. The average Bonchev–Trinajstić information content (AvgIpc) is 2.82. The van der Waals surface area contributed by atoms with E-state index in [-0.39, 0.29) is 25.0 Å². The highest BCUT2D eigenvalue weighted by Gasteiger charge is 2.56. The normalized spacial score (nSPS) is 25.4. The van der Waals surface area contributed by atoms with E-state index in [0.29, 0.717) is 18.3 Å². The van der Waals surface area contributed by atoms with Crippen LogP contribution in [0, 0.1) is 23.7 Å². The zero-order chi connectivity index (χ0) is 24.0. The lowest BCUT2D eigenvalue weighted by Gasteiger charge is -2.51. The van der Waals surface area contributed by atoms with Crippen LogP contribution in [0.4, 0.5) is 0 Å². The minimum Gasteiger partial charge on any atom is -0.464 e. The molecule has 3 aliphatic rings. The fourth-order valence-electron chi connectivity index (χ4n) is 5.13. The van der Waals surface area contributed by atoms with Gasteiger partial charge in [0.05, 0.1) is 12.5 Å². The first-order valence-electron chi connectivity index (χ1n) is 12.1.